The predicted octanol–water partition coefficient (Wildman–Crippen LogP) is 4.96. The summed E-state index contributed by atoms with van der Waals surface area (Å²) < 4.78 is 5.42. The second-order valence-electron chi connectivity index (χ2n) is 8.40. The first-order chi connectivity index (χ1) is 16.1. The maximum Gasteiger partial charge on any atom is 0.241 e. The number of hydrogen-bond donors (Lipinski definition) is 1. The number of carbonyl (C=O) groups excluding carboxylic acids is 1. The number of nitrogens with zero attached hydrogens (tertiary/aromatic N) is 3. The molecule has 0 atom stereocenters. The number of benzene rings is 2. The Balaban J connectivity index is 1.14. The monoisotopic (exact) mass is 484 g/mol. The lowest BCUT2D eigenvalue weighted by Crippen LogP contribution is -2.40. The van der Waals surface area contributed by atoms with Crippen LogP contribution in [0.5, 0.6) is 0 Å². The highest BCUT2D eigenvalue weighted by molar-refractivity contribution is 7.98. The molecule has 4 rings (SSSR count). The molecule has 1 amide bonds. The number of amides is 1. The average Bonchev–Trinajstić information content (AvgIpc) is 3.29. The zero-order chi connectivity index (χ0) is 23.0. The third-order valence-electron chi connectivity index (χ3n) is 5.80. The minimum absolute atomic E-state index is 0.0769. The average molecular weight is 485 g/mol. The molecule has 33 heavy (non-hydrogen) atoms. The van der Waals surface area contributed by atoms with Crippen LogP contribution in [0, 0.1) is 12.8 Å². The number of aryl methyl sites for hydroxylation is 1. The van der Waals surface area contributed by atoms with Gasteiger partial charge in [0.05, 0.1) is 6.54 Å². The first kappa shape index (κ1) is 23.8. The van der Waals surface area contributed by atoms with Gasteiger partial charge < -0.3 is 9.84 Å². The molecular formula is C25H29ClN4O2S. The van der Waals surface area contributed by atoms with E-state index in [1.54, 1.807) is 0 Å². The van der Waals surface area contributed by atoms with E-state index in [0.29, 0.717) is 29.8 Å². The summed E-state index contributed by atoms with van der Waals surface area (Å²) in [6.07, 6.45) is 1.69. The summed E-state index contributed by atoms with van der Waals surface area (Å²) in [4.78, 5) is 19.3. The zero-order valence-electron chi connectivity index (χ0n) is 18.8. The van der Waals surface area contributed by atoms with E-state index in [9.17, 15) is 4.79 Å². The van der Waals surface area contributed by atoms with Crippen LogP contribution >= 0.6 is 23.4 Å². The molecule has 0 unspecified atom stereocenters. The minimum atomic E-state index is 0.0769. The molecule has 3 aromatic rings. The lowest BCUT2D eigenvalue weighted by Gasteiger charge is -2.30. The van der Waals surface area contributed by atoms with Gasteiger partial charge in [0, 0.05) is 34.6 Å². The zero-order valence-corrected chi connectivity index (χ0v) is 20.4. The van der Waals surface area contributed by atoms with Crippen molar-refractivity contribution in [3.8, 4) is 11.4 Å². The summed E-state index contributed by atoms with van der Waals surface area (Å²) in [5.41, 5.74) is 3.44. The molecule has 1 aliphatic rings. The molecule has 2 aromatic carbocycles. The molecule has 1 fully saturated rings. The Labute approximate surface area is 204 Å². The van der Waals surface area contributed by atoms with Gasteiger partial charge in [-0.05, 0) is 50.6 Å². The van der Waals surface area contributed by atoms with Gasteiger partial charge in [0.25, 0.3) is 0 Å². The molecule has 0 bridgehead atoms. The quantitative estimate of drug-likeness (QED) is 0.433. The number of hydrogen-bond acceptors (Lipinski definition) is 6. The highest BCUT2D eigenvalue weighted by Crippen LogP contribution is 2.22. The normalized spacial score (nSPS) is 15.0. The van der Waals surface area contributed by atoms with Crippen molar-refractivity contribution >= 4 is 29.3 Å². The van der Waals surface area contributed by atoms with E-state index in [0.717, 1.165) is 43.0 Å². The van der Waals surface area contributed by atoms with Crippen LogP contribution < -0.4 is 5.32 Å². The number of thioether (sulfide) groups is 1. The van der Waals surface area contributed by atoms with Gasteiger partial charge in [-0.3, -0.25) is 9.69 Å². The third-order valence-corrected chi connectivity index (χ3v) is 7.07. The summed E-state index contributed by atoms with van der Waals surface area (Å²) in [5.74, 6) is 3.27. The highest BCUT2D eigenvalue weighted by Gasteiger charge is 2.25. The maximum absolute atomic E-state index is 12.5. The van der Waals surface area contributed by atoms with Gasteiger partial charge in [0.15, 0.2) is 0 Å². The van der Waals surface area contributed by atoms with Gasteiger partial charge in [0.1, 0.15) is 0 Å². The number of aromatic nitrogens is 2. The first-order valence-corrected chi connectivity index (χ1v) is 12.8. The summed E-state index contributed by atoms with van der Waals surface area (Å²) in [7, 11) is 0. The Morgan fingerprint density at radius 2 is 2.00 bits per heavy atom. The topological polar surface area (TPSA) is 71.3 Å². The number of piperidine rings is 1. The van der Waals surface area contributed by atoms with Crippen molar-refractivity contribution in [3.05, 3.63) is 70.6 Å². The van der Waals surface area contributed by atoms with Crippen molar-refractivity contribution in [3.63, 3.8) is 0 Å². The number of carbonyl (C=O) groups is 1. The Bertz CT molecular complexity index is 1050. The molecule has 0 spiro atoms. The number of nitrogens with one attached hydrogen (secondary N) is 1. The van der Waals surface area contributed by atoms with Crippen LogP contribution in [-0.4, -0.2) is 46.3 Å². The lowest BCUT2D eigenvalue weighted by atomic mass is 9.96. The summed E-state index contributed by atoms with van der Waals surface area (Å²) in [6.45, 7) is 5.09. The van der Waals surface area contributed by atoms with Crippen molar-refractivity contribution in [1.82, 2.24) is 20.4 Å². The van der Waals surface area contributed by atoms with E-state index in [1.807, 2.05) is 36.0 Å². The summed E-state index contributed by atoms with van der Waals surface area (Å²) >= 11 is 7.90. The first-order valence-electron chi connectivity index (χ1n) is 11.3. The Kier molecular flexibility index (Phi) is 8.42. The standard InChI is InChI=1S/C25H29ClN4O2S/c1-18-5-7-19(8-6-18)17-33-14-11-27-25(31)20-9-12-30(13-10-20)16-23-28-24(29-32-23)21-3-2-4-22(26)15-21/h2-8,15,20H,9-14,16-17H2,1H3,(H,27,31). The van der Waals surface area contributed by atoms with Crippen molar-refractivity contribution in [2.45, 2.75) is 32.1 Å². The van der Waals surface area contributed by atoms with Crippen LogP contribution in [0.4, 0.5) is 0 Å². The fraction of sp³-hybridized carbons (Fsp3) is 0.400. The van der Waals surface area contributed by atoms with E-state index in [-0.39, 0.29) is 11.8 Å². The summed E-state index contributed by atoms with van der Waals surface area (Å²) in [5, 5.41) is 7.82. The van der Waals surface area contributed by atoms with Crippen LogP contribution in [0.15, 0.2) is 53.1 Å². The number of halogens is 1. The van der Waals surface area contributed by atoms with Crippen LogP contribution in [0.2, 0.25) is 5.02 Å². The molecule has 8 heteroatoms. The number of rotatable bonds is 9. The smallest absolute Gasteiger partial charge is 0.241 e. The van der Waals surface area contributed by atoms with E-state index in [4.69, 9.17) is 16.1 Å². The van der Waals surface area contributed by atoms with Crippen LogP contribution in [0.3, 0.4) is 0 Å². The molecule has 174 valence electrons. The van der Waals surface area contributed by atoms with E-state index in [2.05, 4.69) is 51.5 Å². The highest BCUT2D eigenvalue weighted by atomic mass is 35.5. The second-order valence-corrected chi connectivity index (χ2v) is 9.94. The maximum atomic E-state index is 12.5. The van der Waals surface area contributed by atoms with Gasteiger partial charge in [-0.25, -0.2) is 0 Å². The van der Waals surface area contributed by atoms with E-state index < -0.39 is 0 Å². The molecule has 1 saturated heterocycles. The molecule has 6 nitrogen and oxygen atoms in total. The van der Waals surface area contributed by atoms with E-state index >= 15 is 0 Å². The molecule has 2 heterocycles. The molecule has 1 aromatic heterocycles. The Morgan fingerprint density at radius 3 is 2.76 bits per heavy atom. The fourth-order valence-electron chi connectivity index (χ4n) is 3.87. The fourth-order valence-corrected chi connectivity index (χ4v) is 4.88. The van der Waals surface area contributed by atoms with Crippen LogP contribution in [0.25, 0.3) is 11.4 Å². The minimum Gasteiger partial charge on any atom is -0.355 e. The lowest BCUT2D eigenvalue weighted by molar-refractivity contribution is -0.126. The second kappa shape index (κ2) is 11.7. The van der Waals surface area contributed by atoms with E-state index in [1.165, 1.54) is 11.1 Å². The van der Waals surface area contributed by atoms with Gasteiger partial charge in [-0.1, -0.05) is 58.7 Å². The van der Waals surface area contributed by atoms with Crippen molar-refractivity contribution < 1.29 is 9.32 Å². The third kappa shape index (κ3) is 7.06. The predicted molar refractivity (Wildman–Crippen MR) is 133 cm³/mol. The molecule has 1 aliphatic heterocycles. The molecule has 0 aliphatic carbocycles. The summed E-state index contributed by atoms with van der Waals surface area (Å²) in [6, 6.07) is 16.0. The van der Waals surface area contributed by atoms with Crippen LogP contribution in [0.1, 0.15) is 29.9 Å². The van der Waals surface area contributed by atoms with Crippen molar-refractivity contribution in [2.75, 3.05) is 25.4 Å². The molecule has 0 radical (unpaired) electrons. The van der Waals surface area contributed by atoms with Gasteiger partial charge >= 0.3 is 0 Å². The van der Waals surface area contributed by atoms with Crippen LogP contribution in [-0.2, 0) is 17.1 Å². The van der Waals surface area contributed by atoms with Crippen molar-refractivity contribution in [1.29, 1.82) is 0 Å². The SMILES string of the molecule is Cc1ccc(CSCCNC(=O)C2CCN(Cc3nc(-c4cccc(Cl)c4)no3)CC2)cc1. The molecule has 1 N–H and O–H groups in total. The van der Waals surface area contributed by atoms with Gasteiger partial charge in [0.2, 0.25) is 17.6 Å². The van der Waals surface area contributed by atoms with Crippen molar-refractivity contribution in [2.24, 2.45) is 5.92 Å². The van der Waals surface area contributed by atoms with Gasteiger partial charge in [-0.15, -0.1) is 0 Å². The number of likely N-dealkylation sites (tertiary alicyclic amines) is 1. The Hall–Kier alpha value is -2.35. The largest absolute Gasteiger partial charge is 0.355 e. The molecular weight excluding hydrogens is 456 g/mol. The van der Waals surface area contributed by atoms with Gasteiger partial charge in [-0.2, -0.15) is 16.7 Å². The Morgan fingerprint density at radius 1 is 1.21 bits per heavy atom. The molecule has 0 saturated carbocycles.